The van der Waals surface area contributed by atoms with Crippen LogP contribution in [0.1, 0.15) is 36.8 Å². The summed E-state index contributed by atoms with van der Waals surface area (Å²) < 4.78 is 4.77. The van der Waals surface area contributed by atoms with Crippen LogP contribution in [-0.4, -0.2) is 54.6 Å². The number of nitrogens with zero attached hydrogens (tertiary/aromatic N) is 2. The Bertz CT molecular complexity index is 715. The molecule has 1 aliphatic heterocycles. The molecule has 0 bridgehead atoms. The summed E-state index contributed by atoms with van der Waals surface area (Å²) in [6.07, 6.45) is 3.13. The minimum absolute atomic E-state index is 0.140. The van der Waals surface area contributed by atoms with E-state index >= 15 is 0 Å². The summed E-state index contributed by atoms with van der Waals surface area (Å²) in [6.45, 7) is 5.57. The van der Waals surface area contributed by atoms with Gasteiger partial charge in [-0.3, -0.25) is 14.6 Å². The summed E-state index contributed by atoms with van der Waals surface area (Å²) in [5.41, 5.74) is 9.34. The highest BCUT2D eigenvalue weighted by Crippen LogP contribution is 2.22. The number of carbonyl (C=O) groups excluding carboxylic acids is 1. The van der Waals surface area contributed by atoms with Crippen molar-refractivity contribution in [2.24, 2.45) is 5.73 Å². The van der Waals surface area contributed by atoms with Gasteiger partial charge in [-0.05, 0) is 24.0 Å². The lowest BCUT2D eigenvalue weighted by Gasteiger charge is -2.35. The van der Waals surface area contributed by atoms with Gasteiger partial charge in [-0.1, -0.05) is 67.1 Å². The van der Waals surface area contributed by atoms with Crippen molar-refractivity contribution in [3.8, 4) is 0 Å². The maximum Gasteiger partial charge on any atom is 0.305 e. The Kier molecular flexibility index (Phi) is 8.43. The quantitative estimate of drug-likeness (QED) is 0.508. The zero-order valence-electron chi connectivity index (χ0n) is 18.1. The first-order valence-electron chi connectivity index (χ1n) is 10.9. The van der Waals surface area contributed by atoms with Crippen molar-refractivity contribution in [1.82, 2.24) is 9.80 Å². The summed E-state index contributed by atoms with van der Waals surface area (Å²) in [5.74, 6) is -0.140. The lowest BCUT2D eigenvalue weighted by molar-refractivity contribution is -0.140. The van der Waals surface area contributed by atoms with E-state index in [1.165, 1.54) is 18.2 Å². The van der Waals surface area contributed by atoms with Crippen LogP contribution < -0.4 is 5.73 Å². The molecule has 0 spiro atoms. The van der Waals surface area contributed by atoms with E-state index in [0.29, 0.717) is 6.42 Å². The van der Waals surface area contributed by atoms with Crippen LogP contribution in [0.15, 0.2) is 60.7 Å². The predicted octanol–water partition coefficient (Wildman–Crippen LogP) is 3.44. The second-order valence-corrected chi connectivity index (χ2v) is 8.54. The SMILES string of the molecule is COC(=O)CCCCC1(N)CN(Cc2ccccc2)CCN(Cc2ccccc2)C1. The van der Waals surface area contributed by atoms with E-state index < -0.39 is 0 Å². The molecule has 162 valence electrons. The average molecular weight is 410 g/mol. The van der Waals surface area contributed by atoms with E-state index in [-0.39, 0.29) is 11.5 Å². The summed E-state index contributed by atoms with van der Waals surface area (Å²) in [6, 6.07) is 21.2. The highest BCUT2D eigenvalue weighted by molar-refractivity contribution is 5.68. The molecule has 5 heteroatoms. The van der Waals surface area contributed by atoms with Crippen LogP contribution in [0, 0.1) is 0 Å². The van der Waals surface area contributed by atoms with Crippen LogP contribution in [0.5, 0.6) is 0 Å². The van der Waals surface area contributed by atoms with Crippen LogP contribution in [0.4, 0.5) is 0 Å². The van der Waals surface area contributed by atoms with E-state index in [4.69, 9.17) is 10.5 Å². The monoisotopic (exact) mass is 409 g/mol. The molecule has 30 heavy (non-hydrogen) atoms. The first-order chi connectivity index (χ1) is 14.6. The second-order valence-electron chi connectivity index (χ2n) is 8.54. The Morgan fingerprint density at radius 2 is 1.40 bits per heavy atom. The van der Waals surface area contributed by atoms with E-state index in [0.717, 1.165) is 58.5 Å². The molecule has 0 aliphatic carbocycles. The minimum Gasteiger partial charge on any atom is -0.469 e. The van der Waals surface area contributed by atoms with Gasteiger partial charge in [-0.2, -0.15) is 0 Å². The van der Waals surface area contributed by atoms with Gasteiger partial charge in [0.25, 0.3) is 0 Å². The Hall–Kier alpha value is -2.21. The van der Waals surface area contributed by atoms with E-state index in [9.17, 15) is 4.79 Å². The molecule has 2 aromatic carbocycles. The molecule has 1 saturated heterocycles. The fraction of sp³-hybridized carbons (Fsp3) is 0.480. The molecule has 3 rings (SSSR count). The smallest absolute Gasteiger partial charge is 0.305 e. The zero-order chi connectivity index (χ0) is 21.2. The summed E-state index contributed by atoms with van der Waals surface area (Å²) in [7, 11) is 1.45. The molecule has 0 saturated carbocycles. The third-order valence-corrected chi connectivity index (χ3v) is 5.84. The van der Waals surface area contributed by atoms with Crippen molar-refractivity contribution >= 4 is 5.97 Å². The molecule has 0 amide bonds. The Morgan fingerprint density at radius 1 is 0.900 bits per heavy atom. The number of hydrogen-bond acceptors (Lipinski definition) is 5. The standard InChI is InChI=1S/C25H35N3O2/c1-30-24(29)14-8-9-15-25(26)20-27(18-22-10-4-2-5-11-22)16-17-28(21-25)19-23-12-6-3-7-13-23/h2-7,10-13H,8-9,14-21,26H2,1H3. The first-order valence-corrected chi connectivity index (χ1v) is 10.9. The second kappa shape index (κ2) is 11.3. The Balaban J connectivity index is 1.66. The van der Waals surface area contributed by atoms with Gasteiger partial charge >= 0.3 is 5.97 Å². The topological polar surface area (TPSA) is 58.8 Å². The van der Waals surface area contributed by atoms with E-state index in [1.807, 2.05) is 0 Å². The molecule has 0 atom stereocenters. The average Bonchev–Trinajstić information content (AvgIpc) is 2.91. The molecule has 1 aliphatic rings. The number of carbonyl (C=O) groups is 1. The molecular weight excluding hydrogens is 374 g/mol. The number of nitrogens with two attached hydrogens (primary N) is 1. The molecule has 1 heterocycles. The van der Waals surface area contributed by atoms with Gasteiger partial charge in [0.1, 0.15) is 0 Å². The first kappa shape index (κ1) is 22.5. The molecular formula is C25H35N3O2. The van der Waals surface area contributed by atoms with Gasteiger partial charge in [-0.15, -0.1) is 0 Å². The third-order valence-electron chi connectivity index (χ3n) is 5.84. The van der Waals surface area contributed by atoms with Gasteiger partial charge in [-0.25, -0.2) is 0 Å². The van der Waals surface area contributed by atoms with Gasteiger partial charge in [0.2, 0.25) is 0 Å². The maximum atomic E-state index is 11.4. The van der Waals surface area contributed by atoms with Crippen LogP contribution >= 0.6 is 0 Å². The van der Waals surface area contributed by atoms with Crippen molar-refractivity contribution in [2.75, 3.05) is 33.3 Å². The number of benzene rings is 2. The van der Waals surface area contributed by atoms with Crippen LogP contribution in [-0.2, 0) is 22.6 Å². The number of ether oxygens (including phenoxy) is 1. The fourth-order valence-corrected chi connectivity index (χ4v) is 4.34. The van der Waals surface area contributed by atoms with Gasteiger partial charge in [0.05, 0.1) is 7.11 Å². The van der Waals surface area contributed by atoms with Crippen molar-refractivity contribution in [1.29, 1.82) is 0 Å². The number of rotatable bonds is 9. The zero-order valence-corrected chi connectivity index (χ0v) is 18.1. The summed E-state index contributed by atoms with van der Waals surface area (Å²) in [5, 5.41) is 0. The van der Waals surface area contributed by atoms with Crippen LogP contribution in [0.25, 0.3) is 0 Å². The largest absolute Gasteiger partial charge is 0.469 e. The number of methoxy groups -OCH3 is 1. The number of hydrogen-bond donors (Lipinski definition) is 1. The Labute approximate surface area is 180 Å². The molecule has 0 unspecified atom stereocenters. The molecule has 2 N–H and O–H groups in total. The van der Waals surface area contributed by atoms with Crippen molar-refractivity contribution < 1.29 is 9.53 Å². The summed E-state index contributed by atoms with van der Waals surface area (Å²) >= 11 is 0. The molecule has 2 aromatic rings. The lowest BCUT2D eigenvalue weighted by atomic mass is 9.91. The van der Waals surface area contributed by atoms with Gasteiger partial charge in [0.15, 0.2) is 0 Å². The van der Waals surface area contributed by atoms with Crippen molar-refractivity contribution in [3.05, 3.63) is 71.8 Å². The van der Waals surface area contributed by atoms with E-state index in [1.54, 1.807) is 0 Å². The highest BCUT2D eigenvalue weighted by atomic mass is 16.5. The minimum atomic E-state index is -0.295. The van der Waals surface area contributed by atoms with Crippen LogP contribution in [0.3, 0.4) is 0 Å². The van der Waals surface area contributed by atoms with Gasteiger partial charge in [0, 0.05) is 51.2 Å². The fourth-order valence-electron chi connectivity index (χ4n) is 4.34. The van der Waals surface area contributed by atoms with E-state index in [2.05, 4.69) is 70.5 Å². The normalized spacial score (nSPS) is 17.4. The molecule has 0 aromatic heterocycles. The number of esters is 1. The number of unbranched alkanes of at least 4 members (excludes halogenated alkanes) is 1. The Morgan fingerprint density at radius 3 is 1.87 bits per heavy atom. The third kappa shape index (κ3) is 7.24. The molecule has 5 nitrogen and oxygen atoms in total. The molecule has 0 radical (unpaired) electrons. The summed E-state index contributed by atoms with van der Waals surface area (Å²) in [4.78, 5) is 16.4. The van der Waals surface area contributed by atoms with Gasteiger partial charge < -0.3 is 10.5 Å². The molecule has 1 fully saturated rings. The van der Waals surface area contributed by atoms with Crippen molar-refractivity contribution in [3.63, 3.8) is 0 Å². The maximum absolute atomic E-state index is 11.4. The lowest BCUT2D eigenvalue weighted by Crippen LogP contribution is -2.54. The van der Waals surface area contributed by atoms with Crippen molar-refractivity contribution in [2.45, 2.75) is 44.3 Å². The predicted molar refractivity (Wildman–Crippen MR) is 121 cm³/mol. The highest BCUT2D eigenvalue weighted by Gasteiger charge is 2.33. The van der Waals surface area contributed by atoms with Crippen LogP contribution in [0.2, 0.25) is 0 Å².